The maximum Gasteiger partial charge on any atom is 0.315 e. The number of thiophene rings is 1. The minimum Gasteiger partial charge on any atom is -0.387 e. The lowest BCUT2D eigenvalue weighted by Gasteiger charge is -2.23. The van der Waals surface area contributed by atoms with Crippen molar-refractivity contribution in [1.29, 1.82) is 0 Å². The van der Waals surface area contributed by atoms with Crippen LogP contribution in [0, 0.1) is 0 Å². The molecule has 1 aliphatic heterocycles. The molecule has 100 valence electrons. The van der Waals surface area contributed by atoms with Gasteiger partial charge in [-0.2, -0.15) is 11.3 Å². The fourth-order valence-electron chi connectivity index (χ4n) is 1.86. The minimum atomic E-state index is -0.649. The molecular weight excluding hydrogens is 252 g/mol. The van der Waals surface area contributed by atoms with Gasteiger partial charge in [0.2, 0.25) is 0 Å². The Bertz CT molecular complexity index is 363. The number of amides is 2. The molecule has 1 aliphatic rings. The largest absolute Gasteiger partial charge is 0.387 e. The zero-order chi connectivity index (χ0) is 12.8. The van der Waals surface area contributed by atoms with E-state index in [1.54, 1.807) is 0 Å². The summed E-state index contributed by atoms with van der Waals surface area (Å²) in [5.74, 6) is 0. The van der Waals surface area contributed by atoms with Crippen molar-refractivity contribution in [1.82, 2.24) is 10.6 Å². The molecule has 1 aromatic rings. The summed E-state index contributed by atoms with van der Waals surface area (Å²) in [5, 5.41) is 19.1. The quantitative estimate of drug-likeness (QED) is 0.771. The summed E-state index contributed by atoms with van der Waals surface area (Å²) in [6.07, 6.45) is 1.27. The van der Waals surface area contributed by atoms with Crippen molar-refractivity contribution in [3.8, 4) is 0 Å². The summed E-state index contributed by atoms with van der Waals surface area (Å²) in [4.78, 5) is 11.6. The van der Waals surface area contributed by atoms with E-state index in [1.165, 1.54) is 11.3 Å². The number of hydrogen-bond donors (Lipinski definition) is 3. The monoisotopic (exact) mass is 270 g/mol. The van der Waals surface area contributed by atoms with Gasteiger partial charge in [0, 0.05) is 13.2 Å². The molecule has 2 heterocycles. The van der Waals surface area contributed by atoms with Gasteiger partial charge in [0.15, 0.2) is 0 Å². The zero-order valence-corrected chi connectivity index (χ0v) is 10.9. The second kappa shape index (κ2) is 6.72. The number of rotatable bonds is 4. The predicted octanol–water partition coefficient (Wildman–Crippen LogP) is 1.26. The Labute approximate surface area is 110 Å². The molecule has 0 aromatic carbocycles. The van der Waals surface area contributed by atoms with Crippen LogP contribution in [0.5, 0.6) is 0 Å². The average molecular weight is 270 g/mol. The van der Waals surface area contributed by atoms with Gasteiger partial charge in [0.25, 0.3) is 0 Å². The summed E-state index contributed by atoms with van der Waals surface area (Å²) < 4.78 is 5.28. The van der Waals surface area contributed by atoms with Crippen molar-refractivity contribution in [3.63, 3.8) is 0 Å². The summed E-state index contributed by atoms with van der Waals surface area (Å²) >= 11 is 1.53. The Balaban J connectivity index is 1.68. The molecule has 0 spiro atoms. The van der Waals surface area contributed by atoms with E-state index in [-0.39, 0.29) is 18.6 Å². The SMILES string of the molecule is O=C(NCC(O)c1ccsc1)NC1CCCOC1. The van der Waals surface area contributed by atoms with Crippen LogP contribution in [0.25, 0.3) is 0 Å². The van der Waals surface area contributed by atoms with Gasteiger partial charge in [-0.3, -0.25) is 0 Å². The molecule has 0 aliphatic carbocycles. The van der Waals surface area contributed by atoms with Crippen LogP contribution < -0.4 is 10.6 Å². The van der Waals surface area contributed by atoms with Crippen LogP contribution in [0.4, 0.5) is 4.79 Å². The highest BCUT2D eigenvalue weighted by Gasteiger charge is 2.16. The molecule has 2 amide bonds. The first-order valence-electron chi connectivity index (χ1n) is 6.08. The molecule has 2 atom stereocenters. The van der Waals surface area contributed by atoms with Crippen molar-refractivity contribution in [2.24, 2.45) is 0 Å². The predicted molar refractivity (Wildman–Crippen MR) is 69.7 cm³/mol. The third-order valence-corrected chi connectivity index (χ3v) is 3.58. The number of carbonyl (C=O) groups excluding carboxylic acids is 1. The second-order valence-corrected chi connectivity index (χ2v) is 5.12. The van der Waals surface area contributed by atoms with Gasteiger partial charge in [-0.05, 0) is 35.2 Å². The summed E-state index contributed by atoms with van der Waals surface area (Å²) in [5.41, 5.74) is 0.835. The molecule has 2 unspecified atom stereocenters. The number of hydrogen-bond acceptors (Lipinski definition) is 4. The Kier molecular flexibility index (Phi) is 4.98. The summed E-state index contributed by atoms with van der Waals surface area (Å²) in [7, 11) is 0. The minimum absolute atomic E-state index is 0.0806. The van der Waals surface area contributed by atoms with Crippen molar-refractivity contribution < 1.29 is 14.6 Å². The fourth-order valence-corrected chi connectivity index (χ4v) is 2.57. The summed E-state index contributed by atoms with van der Waals surface area (Å²) in [6, 6.07) is 1.68. The maximum atomic E-state index is 11.6. The van der Waals surface area contributed by atoms with Crippen LogP contribution in [0.1, 0.15) is 24.5 Å². The normalized spacial score (nSPS) is 21.3. The number of urea groups is 1. The number of ether oxygens (including phenoxy) is 1. The molecule has 3 N–H and O–H groups in total. The standard InChI is InChI=1S/C12H18N2O3S/c15-11(9-3-5-18-8-9)6-13-12(16)14-10-2-1-4-17-7-10/h3,5,8,10-11,15H,1-2,4,6-7H2,(H2,13,14,16). The van der Waals surface area contributed by atoms with Crippen LogP contribution in [-0.4, -0.2) is 36.9 Å². The van der Waals surface area contributed by atoms with E-state index in [0.29, 0.717) is 6.61 Å². The van der Waals surface area contributed by atoms with E-state index in [0.717, 1.165) is 25.0 Å². The van der Waals surface area contributed by atoms with E-state index in [9.17, 15) is 9.90 Å². The van der Waals surface area contributed by atoms with Crippen molar-refractivity contribution in [2.75, 3.05) is 19.8 Å². The van der Waals surface area contributed by atoms with Gasteiger partial charge in [-0.15, -0.1) is 0 Å². The molecule has 0 saturated carbocycles. The third-order valence-electron chi connectivity index (χ3n) is 2.88. The number of nitrogens with one attached hydrogen (secondary N) is 2. The lowest BCUT2D eigenvalue weighted by atomic mass is 10.1. The van der Waals surface area contributed by atoms with Gasteiger partial charge < -0.3 is 20.5 Å². The van der Waals surface area contributed by atoms with Gasteiger partial charge in [0.05, 0.1) is 18.8 Å². The molecule has 6 heteroatoms. The van der Waals surface area contributed by atoms with Crippen LogP contribution in [0.3, 0.4) is 0 Å². The molecular formula is C12H18N2O3S. The molecule has 1 fully saturated rings. The Hall–Kier alpha value is -1.11. The van der Waals surface area contributed by atoms with E-state index in [2.05, 4.69) is 10.6 Å². The molecule has 2 rings (SSSR count). The third kappa shape index (κ3) is 3.97. The topological polar surface area (TPSA) is 70.6 Å². The average Bonchev–Trinajstić information content (AvgIpc) is 2.91. The van der Waals surface area contributed by atoms with E-state index in [1.807, 2.05) is 16.8 Å². The van der Waals surface area contributed by atoms with Gasteiger partial charge >= 0.3 is 6.03 Å². The van der Waals surface area contributed by atoms with Gasteiger partial charge in [-0.25, -0.2) is 4.79 Å². The number of aliphatic hydroxyl groups excluding tert-OH is 1. The second-order valence-electron chi connectivity index (χ2n) is 4.34. The Morgan fingerprint density at radius 2 is 2.56 bits per heavy atom. The van der Waals surface area contributed by atoms with E-state index < -0.39 is 6.10 Å². The molecule has 18 heavy (non-hydrogen) atoms. The fraction of sp³-hybridized carbons (Fsp3) is 0.583. The lowest BCUT2D eigenvalue weighted by molar-refractivity contribution is 0.0729. The molecule has 1 aromatic heterocycles. The highest BCUT2D eigenvalue weighted by Crippen LogP contribution is 2.15. The summed E-state index contributed by atoms with van der Waals surface area (Å²) in [6.45, 7) is 1.56. The van der Waals surface area contributed by atoms with Crippen molar-refractivity contribution >= 4 is 17.4 Å². The maximum absolute atomic E-state index is 11.6. The highest BCUT2D eigenvalue weighted by atomic mass is 32.1. The Morgan fingerprint density at radius 1 is 1.67 bits per heavy atom. The molecule has 0 radical (unpaired) electrons. The van der Waals surface area contributed by atoms with Crippen LogP contribution in [-0.2, 0) is 4.74 Å². The number of carbonyl (C=O) groups is 1. The molecule has 1 saturated heterocycles. The first kappa shape index (κ1) is 13.3. The van der Waals surface area contributed by atoms with Crippen LogP contribution >= 0.6 is 11.3 Å². The molecule has 0 bridgehead atoms. The number of aliphatic hydroxyl groups is 1. The van der Waals surface area contributed by atoms with E-state index in [4.69, 9.17) is 4.74 Å². The van der Waals surface area contributed by atoms with Crippen LogP contribution in [0.2, 0.25) is 0 Å². The van der Waals surface area contributed by atoms with Crippen molar-refractivity contribution in [3.05, 3.63) is 22.4 Å². The molecule has 5 nitrogen and oxygen atoms in total. The van der Waals surface area contributed by atoms with Crippen molar-refractivity contribution in [2.45, 2.75) is 25.0 Å². The van der Waals surface area contributed by atoms with E-state index >= 15 is 0 Å². The first-order chi connectivity index (χ1) is 8.75. The zero-order valence-electron chi connectivity index (χ0n) is 10.1. The first-order valence-corrected chi connectivity index (χ1v) is 7.02. The van der Waals surface area contributed by atoms with Gasteiger partial charge in [0.1, 0.15) is 0 Å². The lowest BCUT2D eigenvalue weighted by Crippen LogP contribution is -2.46. The van der Waals surface area contributed by atoms with Crippen LogP contribution in [0.15, 0.2) is 16.8 Å². The highest BCUT2D eigenvalue weighted by molar-refractivity contribution is 7.07. The van der Waals surface area contributed by atoms with Gasteiger partial charge in [-0.1, -0.05) is 0 Å². The Morgan fingerprint density at radius 3 is 3.22 bits per heavy atom. The smallest absolute Gasteiger partial charge is 0.315 e.